The van der Waals surface area contributed by atoms with Crippen LogP contribution in [0.5, 0.6) is 0 Å². The molecule has 2 aliphatic rings. The molecule has 1 aromatic carbocycles. The molecule has 4 nitrogen and oxygen atoms in total. The molecule has 0 aromatic heterocycles. The van der Waals surface area contributed by atoms with Crippen molar-refractivity contribution in [3.05, 3.63) is 40.0 Å². The van der Waals surface area contributed by atoms with Crippen LogP contribution in [0, 0.1) is 23.0 Å². The van der Waals surface area contributed by atoms with Gasteiger partial charge >= 0.3 is 0 Å². The fourth-order valence-electron chi connectivity index (χ4n) is 3.72. The van der Waals surface area contributed by atoms with Crippen LogP contribution >= 0.6 is 0 Å². The van der Waals surface area contributed by atoms with Gasteiger partial charge in [-0.25, -0.2) is 8.78 Å². The van der Waals surface area contributed by atoms with E-state index in [1.807, 2.05) is 17.9 Å². The van der Waals surface area contributed by atoms with E-state index in [0.717, 1.165) is 12.8 Å². The first-order valence-corrected chi connectivity index (χ1v) is 8.83. The molecule has 1 heterocycles. The maximum absolute atomic E-state index is 14.6. The summed E-state index contributed by atoms with van der Waals surface area (Å²) in [5.74, 6) is -2.33. The third kappa shape index (κ3) is 2.90. The number of rotatable bonds is 3. The van der Waals surface area contributed by atoms with Crippen molar-refractivity contribution >= 4 is 11.5 Å². The largest absolute Gasteiger partial charge is 0.378 e. The molecule has 6 heteroatoms. The molecular weight excluding hydrogens is 338 g/mol. The predicted octanol–water partition coefficient (Wildman–Crippen LogP) is 3.39. The molecule has 3 rings (SSSR count). The standard InChI is InChI=1S/C20H22F2N2O2/c1-4-12-9-14-13(18(22)17(12)21)10-16(25)15(11-23)19(14)24-7-5-20(2,26-3)6-8-24/h9H,4-8,10H2,1-3H3. The highest BCUT2D eigenvalue weighted by Gasteiger charge is 2.36. The number of halogens is 2. The zero-order chi connectivity index (χ0) is 19.1. The summed E-state index contributed by atoms with van der Waals surface area (Å²) in [7, 11) is 1.67. The number of carbonyl (C=O) groups is 1. The number of benzene rings is 1. The fourth-order valence-corrected chi connectivity index (χ4v) is 3.72. The van der Waals surface area contributed by atoms with Crippen molar-refractivity contribution in [3.8, 4) is 6.07 Å². The first-order chi connectivity index (χ1) is 12.3. The van der Waals surface area contributed by atoms with Crippen molar-refractivity contribution in [2.24, 2.45) is 0 Å². The lowest BCUT2D eigenvalue weighted by atomic mass is 9.84. The summed E-state index contributed by atoms with van der Waals surface area (Å²) in [6.07, 6.45) is 1.50. The average molecular weight is 360 g/mol. The Morgan fingerprint density at radius 3 is 2.50 bits per heavy atom. The Bertz CT molecular complexity index is 831. The maximum Gasteiger partial charge on any atom is 0.180 e. The van der Waals surface area contributed by atoms with Crippen LogP contribution in [-0.4, -0.2) is 36.5 Å². The van der Waals surface area contributed by atoms with Gasteiger partial charge < -0.3 is 9.64 Å². The molecule has 0 amide bonds. The number of Topliss-reactive ketones (excluding diaryl/α,β-unsaturated/α-hetero) is 1. The Labute approximate surface area is 152 Å². The Morgan fingerprint density at radius 1 is 1.31 bits per heavy atom. The number of ketones is 1. The molecule has 0 atom stereocenters. The van der Waals surface area contributed by atoms with Gasteiger partial charge in [-0.15, -0.1) is 0 Å². The number of likely N-dealkylation sites (tertiary alicyclic amines) is 1. The second kappa shape index (κ2) is 6.81. The molecule has 1 fully saturated rings. The van der Waals surface area contributed by atoms with E-state index in [-0.39, 0.29) is 28.7 Å². The highest BCUT2D eigenvalue weighted by atomic mass is 19.2. The van der Waals surface area contributed by atoms with Gasteiger partial charge in [0.1, 0.15) is 11.6 Å². The van der Waals surface area contributed by atoms with Gasteiger partial charge in [-0.2, -0.15) is 5.26 Å². The van der Waals surface area contributed by atoms with Crippen LogP contribution < -0.4 is 0 Å². The summed E-state index contributed by atoms with van der Waals surface area (Å²) in [6, 6.07) is 3.58. The predicted molar refractivity (Wildman–Crippen MR) is 93.2 cm³/mol. The average Bonchev–Trinajstić information content (AvgIpc) is 2.65. The number of aryl methyl sites for hydroxylation is 1. The third-order valence-corrected chi connectivity index (χ3v) is 5.61. The number of hydrogen-bond donors (Lipinski definition) is 0. The van der Waals surface area contributed by atoms with Crippen LogP contribution in [0.1, 0.15) is 43.4 Å². The molecule has 0 unspecified atom stereocenters. The smallest absolute Gasteiger partial charge is 0.180 e. The Balaban J connectivity index is 2.13. The number of piperidine rings is 1. The number of methoxy groups -OCH3 is 1. The van der Waals surface area contributed by atoms with Gasteiger partial charge in [0.15, 0.2) is 17.4 Å². The van der Waals surface area contributed by atoms with Gasteiger partial charge in [-0.05, 0) is 37.8 Å². The first-order valence-electron chi connectivity index (χ1n) is 8.83. The van der Waals surface area contributed by atoms with Crippen molar-refractivity contribution in [2.45, 2.75) is 45.1 Å². The van der Waals surface area contributed by atoms with Gasteiger partial charge in [0.05, 0.1) is 11.3 Å². The Morgan fingerprint density at radius 2 is 1.96 bits per heavy atom. The van der Waals surface area contributed by atoms with Crippen LogP contribution in [0.4, 0.5) is 8.78 Å². The van der Waals surface area contributed by atoms with Gasteiger partial charge in [-0.3, -0.25) is 4.79 Å². The number of allylic oxidation sites excluding steroid dienone is 1. The zero-order valence-corrected chi connectivity index (χ0v) is 15.3. The zero-order valence-electron chi connectivity index (χ0n) is 15.3. The number of nitrogens with zero attached hydrogens (tertiary/aromatic N) is 2. The first kappa shape index (κ1) is 18.5. The lowest BCUT2D eigenvalue weighted by Crippen LogP contribution is -2.44. The highest BCUT2D eigenvalue weighted by molar-refractivity contribution is 6.10. The third-order valence-electron chi connectivity index (χ3n) is 5.61. The fraction of sp³-hybridized carbons (Fsp3) is 0.500. The summed E-state index contributed by atoms with van der Waals surface area (Å²) in [5, 5.41) is 9.54. The van der Waals surface area contributed by atoms with Crippen molar-refractivity contribution in [3.63, 3.8) is 0 Å². The van der Waals surface area contributed by atoms with E-state index in [2.05, 4.69) is 0 Å². The van der Waals surface area contributed by atoms with Crippen molar-refractivity contribution in [1.29, 1.82) is 5.26 Å². The number of hydrogen-bond acceptors (Lipinski definition) is 4. The molecule has 1 aliphatic carbocycles. The summed E-state index contributed by atoms with van der Waals surface area (Å²) in [5.41, 5.74) is 0.992. The van der Waals surface area contributed by atoms with E-state index >= 15 is 0 Å². The van der Waals surface area contributed by atoms with Crippen molar-refractivity contribution in [1.82, 2.24) is 4.90 Å². The van der Waals surface area contributed by atoms with Crippen molar-refractivity contribution < 1.29 is 18.3 Å². The highest BCUT2D eigenvalue weighted by Crippen LogP contribution is 2.38. The number of nitriles is 1. The lowest BCUT2D eigenvalue weighted by Gasteiger charge is -2.41. The van der Waals surface area contributed by atoms with Gasteiger partial charge in [-0.1, -0.05) is 6.92 Å². The number of carbonyl (C=O) groups excluding carboxylic acids is 1. The Kier molecular flexibility index (Phi) is 4.85. The second-order valence-electron chi connectivity index (χ2n) is 7.12. The SMILES string of the molecule is CCc1cc2c(c(F)c1F)CC(=O)C(C#N)=C2N1CCC(C)(OC)CC1. The molecule has 0 bridgehead atoms. The van der Waals surface area contributed by atoms with Gasteiger partial charge in [0, 0.05) is 37.7 Å². The quantitative estimate of drug-likeness (QED) is 0.829. The molecular formula is C20H22F2N2O2. The van der Waals surface area contributed by atoms with Crippen LogP contribution in [0.15, 0.2) is 11.6 Å². The molecule has 0 spiro atoms. The minimum Gasteiger partial charge on any atom is -0.378 e. The van der Waals surface area contributed by atoms with E-state index < -0.39 is 17.4 Å². The second-order valence-corrected chi connectivity index (χ2v) is 7.12. The van der Waals surface area contributed by atoms with E-state index in [4.69, 9.17) is 4.74 Å². The van der Waals surface area contributed by atoms with E-state index in [1.165, 1.54) is 0 Å². The summed E-state index contributed by atoms with van der Waals surface area (Å²) in [6.45, 7) is 4.93. The number of fused-ring (bicyclic) bond motifs is 1. The molecule has 1 aliphatic heterocycles. The van der Waals surface area contributed by atoms with Crippen molar-refractivity contribution in [2.75, 3.05) is 20.2 Å². The van der Waals surface area contributed by atoms with E-state index in [1.54, 1.807) is 20.1 Å². The Hall–Kier alpha value is -2.26. The summed E-state index contributed by atoms with van der Waals surface area (Å²) < 4.78 is 34.3. The minimum absolute atomic E-state index is 0.0339. The molecule has 26 heavy (non-hydrogen) atoms. The van der Waals surface area contributed by atoms with Crippen LogP contribution in [0.3, 0.4) is 0 Å². The van der Waals surface area contributed by atoms with E-state index in [0.29, 0.717) is 30.8 Å². The van der Waals surface area contributed by atoms with Crippen LogP contribution in [-0.2, 0) is 22.4 Å². The normalized spacial score (nSPS) is 19.4. The molecule has 0 radical (unpaired) electrons. The van der Waals surface area contributed by atoms with Gasteiger partial charge in [0.2, 0.25) is 0 Å². The topological polar surface area (TPSA) is 53.3 Å². The van der Waals surface area contributed by atoms with Gasteiger partial charge in [0.25, 0.3) is 0 Å². The number of ether oxygens (including phenoxy) is 1. The summed E-state index contributed by atoms with van der Waals surface area (Å²) >= 11 is 0. The summed E-state index contributed by atoms with van der Waals surface area (Å²) in [4.78, 5) is 14.4. The van der Waals surface area contributed by atoms with E-state index in [9.17, 15) is 18.8 Å². The monoisotopic (exact) mass is 360 g/mol. The molecule has 0 N–H and O–H groups in total. The molecule has 1 aromatic rings. The molecule has 138 valence electrons. The minimum atomic E-state index is -0.971. The van der Waals surface area contributed by atoms with Crippen LogP contribution in [0.25, 0.3) is 5.70 Å². The maximum atomic E-state index is 14.6. The van der Waals surface area contributed by atoms with Crippen LogP contribution in [0.2, 0.25) is 0 Å². The lowest BCUT2D eigenvalue weighted by molar-refractivity contribution is -0.114. The molecule has 1 saturated heterocycles. The molecule has 0 saturated carbocycles.